The summed E-state index contributed by atoms with van der Waals surface area (Å²) in [4.78, 5) is 40.9. The summed E-state index contributed by atoms with van der Waals surface area (Å²) < 4.78 is 0. The number of nitrogens with zero attached hydrogens (tertiary/aromatic N) is 3. The summed E-state index contributed by atoms with van der Waals surface area (Å²) >= 11 is 0. The molecule has 8 nitrogen and oxygen atoms in total. The molecular formula is C12H15N5O3. The van der Waals surface area contributed by atoms with E-state index in [0.717, 1.165) is 12.8 Å². The first kappa shape index (κ1) is 12.8. The molecule has 0 spiro atoms. The monoisotopic (exact) mass is 277 g/mol. The van der Waals surface area contributed by atoms with Crippen molar-refractivity contribution in [2.75, 3.05) is 6.54 Å². The van der Waals surface area contributed by atoms with Gasteiger partial charge < -0.3 is 4.90 Å². The van der Waals surface area contributed by atoms with Gasteiger partial charge in [-0.05, 0) is 19.3 Å². The Balaban J connectivity index is 1.82. The Bertz CT molecular complexity index is 577. The first-order valence-electron chi connectivity index (χ1n) is 6.67. The van der Waals surface area contributed by atoms with Crippen LogP contribution in [0.4, 0.5) is 0 Å². The molecule has 1 aliphatic carbocycles. The third-order valence-corrected chi connectivity index (χ3v) is 3.56. The number of H-pyrrole nitrogens is 1. The lowest BCUT2D eigenvalue weighted by Gasteiger charge is -2.32. The van der Waals surface area contributed by atoms with Gasteiger partial charge >= 0.3 is 0 Å². The predicted octanol–water partition coefficient (Wildman–Crippen LogP) is -0.441. The lowest BCUT2D eigenvalue weighted by Crippen LogP contribution is -2.59. The van der Waals surface area contributed by atoms with E-state index in [1.165, 1.54) is 4.90 Å². The number of imide groups is 1. The van der Waals surface area contributed by atoms with E-state index in [-0.39, 0.29) is 12.4 Å². The minimum atomic E-state index is -0.650. The normalized spacial score (nSPS) is 22.9. The Hall–Kier alpha value is -2.25. The number of nitrogens with one attached hydrogen (secondary N) is 2. The molecule has 2 N–H and O–H groups in total. The highest BCUT2D eigenvalue weighted by atomic mass is 16.2. The van der Waals surface area contributed by atoms with Gasteiger partial charge in [-0.2, -0.15) is 0 Å². The Morgan fingerprint density at radius 3 is 2.80 bits per heavy atom. The van der Waals surface area contributed by atoms with E-state index in [2.05, 4.69) is 20.5 Å². The number of aromatic amines is 1. The quantitative estimate of drug-likeness (QED) is 0.728. The topological polar surface area (TPSA) is 108 Å². The number of hydrogen-bond acceptors (Lipinski definition) is 5. The van der Waals surface area contributed by atoms with E-state index in [9.17, 15) is 14.4 Å². The first-order valence-corrected chi connectivity index (χ1v) is 6.67. The van der Waals surface area contributed by atoms with Crippen LogP contribution in [0.5, 0.6) is 0 Å². The molecule has 0 radical (unpaired) electrons. The van der Waals surface area contributed by atoms with Gasteiger partial charge in [0.2, 0.25) is 17.6 Å². The van der Waals surface area contributed by atoms with Crippen LogP contribution in [0.2, 0.25) is 0 Å². The molecule has 1 saturated heterocycles. The van der Waals surface area contributed by atoms with Crippen molar-refractivity contribution in [2.45, 2.75) is 38.1 Å². The number of aromatic nitrogens is 3. The van der Waals surface area contributed by atoms with Crippen molar-refractivity contribution >= 4 is 17.7 Å². The average Bonchev–Trinajstić information content (AvgIpc) is 3.15. The summed E-state index contributed by atoms with van der Waals surface area (Å²) in [7, 11) is 0. The van der Waals surface area contributed by atoms with Crippen LogP contribution in [-0.2, 0) is 9.59 Å². The van der Waals surface area contributed by atoms with Crippen LogP contribution >= 0.6 is 0 Å². The molecule has 1 unspecified atom stereocenters. The number of hydrogen-bond donors (Lipinski definition) is 2. The van der Waals surface area contributed by atoms with E-state index in [0.29, 0.717) is 18.2 Å². The largest absolute Gasteiger partial charge is 0.315 e. The van der Waals surface area contributed by atoms with Gasteiger partial charge in [0.05, 0.1) is 0 Å². The molecule has 2 heterocycles. The summed E-state index contributed by atoms with van der Waals surface area (Å²) in [5.74, 6) is -0.330. The van der Waals surface area contributed by atoms with E-state index in [4.69, 9.17) is 0 Å². The molecule has 2 aliphatic rings. The van der Waals surface area contributed by atoms with Gasteiger partial charge in [0, 0.05) is 5.92 Å². The zero-order valence-electron chi connectivity index (χ0n) is 11.0. The zero-order valence-corrected chi connectivity index (χ0v) is 11.0. The molecule has 3 rings (SSSR count). The molecule has 106 valence electrons. The maximum absolute atomic E-state index is 12.4. The van der Waals surface area contributed by atoms with Gasteiger partial charge in [-0.25, -0.2) is 4.98 Å². The van der Waals surface area contributed by atoms with Crippen LogP contribution in [0, 0.1) is 0 Å². The first-order chi connectivity index (χ1) is 9.60. The minimum Gasteiger partial charge on any atom is -0.315 e. The van der Waals surface area contributed by atoms with Gasteiger partial charge in [-0.3, -0.25) is 24.8 Å². The maximum atomic E-state index is 12.4. The van der Waals surface area contributed by atoms with Crippen molar-refractivity contribution in [1.29, 1.82) is 0 Å². The smallest absolute Gasteiger partial charge is 0.294 e. The Kier molecular flexibility index (Phi) is 3.00. The fraction of sp³-hybridized carbons (Fsp3) is 0.583. The van der Waals surface area contributed by atoms with E-state index in [1.807, 2.05) is 0 Å². The van der Waals surface area contributed by atoms with Gasteiger partial charge in [0.25, 0.3) is 5.91 Å². The van der Waals surface area contributed by atoms with Crippen molar-refractivity contribution in [3.8, 4) is 0 Å². The van der Waals surface area contributed by atoms with Gasteiger partial charge in [0.1, 0.15) is 18.4 Å². The van der Waals surface area contributed by atoms with Crippen LogP contribution in [-0.4, -0.2) is 50.4 Å². The minimum absolute atomic E-state index is 0.0212. The van der Waals surface area contributed by atoms with Crippen molar-refractivity contribution in [1.82, 2.24) is 25.4 Å². The Labute approximate surface area is 114 Å². The Morgan fingerprint density at radius 1 is 1.40 bits per heavy atom. The lowest BCUT2D eigenvalue weighted by molar-refractivity contribution is -0.138. The molecule has 3 amide bonds. The van der Waals surface area contributed by atoms with Crippen LogP contribution in [0.25, 0.3) is 0 Å². The summed E-state index contributed by atoms with van der Waals surface area (Å²) in [6, 6.07) is -0.650. The van der Waals surface area contributed by atoms with Crippen LogP contribution in [0.3, 0.4) is 0 Å². The molecule has 0 bridgehead atoms. The van der Waals surface area contributed by atoms with Crippen molar-refractivity contribution in [2.24, 2.45) is 0 Å². The van der Waals surface area contributed by atoms with E-state index >= 15 is 0 Å². The third-order valence-electron chi connectivity index (χ3n) is 3.56. The standard InChI is InChI=1S/C12H15N5O3/c1-2-7-11(19)13-8(18)5-17(7)12(20)10-14-9(15-16-10)6-3-4-6/h6-7H,2-5H2,1H3,(H,13,18,19)(H,14,15,16). The second kappa shape index (κ2) is 4.69. The van der Waals surface area contributed by atoms with Crippen molar-refractivity contribution in [3.63, 3.8) is 0 Å². The molecule has 1 aliphatic heterocycles. The average molecular weight is 277 g/mol. The maximum Gasteiger partial charge on any atom is 0.294 e. The summed E-state index contributed by atoms with van der Waals surface area (Å²) in [5.41, 5.74) is 0. The molecule has 1 atom stereocenters. The number of carbonyl (C=O) groups is 3. The Morgan fingerprint density at radius 2 is 2.15 bits per heavy atom. The SMILES string of the molecule is CCC1C(=O)NC(=O)CN1C(=O)c1n[nH]c(C2CC2)n1. The molecule has 1 saturated carbocycles. The predicted molar refractivity (Wildman–Crippen MR) is 66.6 cm³/mol. The van der Waals surface area contributed by atoms with Crippen molar-refractivity contribution in [3.05, 3.63) is 11.6 Å². The number of rotatable bonds is 3. The van der Waals surface area contributed by atoms with Crippen LogP contribution in [0.15, 0.2) is 0 Å². The molecule has 1 aromatic rings. The highest BCUT2D eigenvalue weighted by molar-refractivity contribution is 6.06. The van der Waals surface area contributed by atoms with E-state index in [1.54, 1.807) is 6.92 Å². The summed E-state index contributed by atoms with van der Waals surface area (Å²) in [6.45, 7) is 1.64. The lowest BCUT2D eigenvalue weighted by atomic mass is 10.1. The molecule has 2 fully saturated rings. The van der Waals surface area contributed by atoms with Crippen molar-refractivity contribution < 1.29 is 14.4 Å². The fourth-order valence-corrected chi connectivity index (χ4v) is 2.32. The number of carbonyl (C=O) groups excluding carboxylic acids is 3. The molecule has 8 heteroatoms. The summed E-state index contributed by atoms with van der Waals surface area (Å²) in [6.07, 6.45) is 2.53. The van der Waals surface area contributed by atoms with Crippen LogP contribution in [0.1, 0.15) is 48.5 Å². The highest BCUT2D eigenvalue weighted by Gasteiger charge is 2.38. The third kappa shape index (κ3) is 2.17. The van der Waals surface area contributed by atoms with Gasteiger partial charge in [-0.15, -0.1) is 5.10 Å². The highest BCUT2D eigenvalue weighted by Crippen LogP contribution is 2.37. The molecule has 1 aromatic heterocycles. The molecule has 20 heavy (non-hydrogen) atoms. The van der Waals surface area contributed by atoms with E-state index < -0.39 is 23.8 Å². The number of amides is 3. The second-order valence-corrected chi connectivity index (χ2v) is 5.09. The molecular weight excluding hydrogens is 262 g/mol. The zero-order chi connectivity index (χ0) is 14.3. The summed E-state index contributed by atoms with van der Waals surface area (Å²) in [5, 5.41) is 8.88. The fourth-order valence-electron chi connectivity index (χ4n) is 2.32. The second-order valence-electron chi connectivity index (χ2n) is 5.09. The van der Waals surface area contributed by atoms with Gasteiger partial charge in [0.15, 0.2) is 0 Å². The van der Waals surface area contributed by atoms with Crippen LogP contribution < -0.4 is 5.32 Å². The number of piperazine rings is 1. The molecule has 0 aromatic carbocycles. The van der Waals surface area contributed by atoms with Gasteiger partial charge in [-0.1, -0.05) is 6.92 Å².